The Morgan fingerprint density at radius 3 is 2.60 bits per heavy atom. The van der Waals surface area contributed by atoms with Gasteiger partial charge in [-0.15, -0.1) is 10.2 Å². The van der Waals surface area contributed by atoms with Crippen LogP contribution in [0.4, 0.5) is 5.69 Å². The number of ether oxygens (including phenoxy) is 1. The lowest BCUT2D eigenvalue weighted by Crippen LogP contribution is -2.15. The van der Waals surface area contributed by atoms with Crippen molar-refractivity contribution in [1.82, 2.24) is 14.8 Å². The van der Waals surface area contributed by atoms with Crippen molar-refractivity contribution >= 4 is 46.6 Å². The Morgan fingerprint density at radius 1 is 1.13 bits per heavy atom. The lowest BCUT2D eigenvalue weighted by atomic mass is 10.2. The fourth-order valence-electron chi connectivity index (χ4n) is 2.73. The lowest BCUT2D eigenvalue weighted by molar-refractivity contribution is -0.113. The highest BCUT2D eigenvalue weighted by Gasteiger charge is 2.14. The Kier molecular flexibility index (Phi) is 8.01. The summed E-state index contributed by atoms with van der Waals surface area (Å²) in [4.78, 5) is 12.3. The minimum atomic E-state index is -0.205. The van der Waals surface area contributed by atoms with Gasteiger partial charge in [-0.05, 0) is 49.2 Å². The summed E-state index contributed by atoms with van der Waals surface area (Å²) in [6.45, 7) is 5.09. The third-order valence-corrected chi connectivity index (χ3v) is 5.88. The van der Waals surface area contributed by atoms with E-state index in [1.54, 1.807) is 18.2 Å². The molecule has 3 rings (SSSR count). The Hall–Kier alpha value is -2.22. The first-order chi connectivity index (χ1) is 14.5. The van der Waals surface area contributed by atoms with Crippen molar-refractivity contribution in [2.45, 2.75) is 38.6 Å². The SMILES string of the molecule is CCc1ccc(OCc2nnc(SCC(=O)Nc3cc(Cl)ccc3Cl)n2CC)cc1. The van der Waals surface area contributed by atoms with Gasteiger partial charge in [0, 0.05) is 11.6 Å². The summed E-state index contributed by atoms with van der Waals surface area (Å²) in [5.41, 5.74) is 1.74. The van der Waals surface area contributed by atoms with E-state index in [0.717, 1.165) is 12.2 Å². The van der Waals surface area contributed by atoms with Crippen LogP contribution in [0.3, 0.4) is 0 Å². The molecule has 0 aliphatic rings. The maximum absolute atomic E-state index is 12.3. The molecule has 0 spiro atoms. The topological polar surface area (TPSA) is 69.0 Å². The predicted octanol–water partition coefficient (Wildman–Crippen LogP) is 5.48. The van der Waals surface area contributed by atoms with Crippen molar-refractivity contribution in [3.63, 3.8) is 0 Å². The second-order valence-electron chi connectivity index (χ2n) is 6.39. The average molecular weight is 465 g/mol. The van der Waals surface area contributed by atoms with Crippen molar-refractivity contribution in [3.05, 3.63) is 63.9 Å². The van der Waals surface area contributed by atoms with Gasteiger partial charge < -0.3 is 14.6 Å². The van der Waals surface area contributed by atoms with E-state index in [9.17, 15) is 4.79 Å². The monoisotopic (exact) mass is 464 g/mol. The van der Waals surface area contributed by atoms with Crippen LogP contribution in [-0.2, 0) is 24.4 Å². The van der Waals surface area contributed by atoms with E-state index in [-0.39, 0.29) is 11.7 Å². The predicted molar refractivity (Wildman–Crippen MR) is 122 cm³/mol. The van der Waals surface area contributed by atoms with E-state index >= 15 is 0 Å². The van der Waals surface area contributed by atoms with E-state index in [0.29, 0.717) is 39.9 Å². The summed E-state index contributed by atoms with van der Waals surface area (Å²) in [5.74, 6) is 1.45. The van der Waals surface area contributed by atoms with E-state index in [4.69, 9.17) is 27.9 Å². The van der Waals surface area contributed by atoms with Crippen LogP contribution in [0.5, 0.6) is 5.75 Å². The van der Waals surface area contributed by atoms with Crippen LogP contribution < -0.4 is 10.1 Å². The first kappa shape index (κ1) is 22.5. The van der Waals surface area contributed by atoms with Crippen molar-refractivity contribution in [2.75, 3.05) is 11.1 Å². The number of carbonyl (C=O) groups is 1. The number of hydrogen-bond acceptors (Lipinski definition) is 5. The third-order valence-electron chi connectivity index (χ3n) is 4.34. The van der Waals surface area contributed by atoms with Gasteiger partial charge in [-0.2, -0.15) is 0 Å². The highest BCUT2D eigenvalue weighted by molar-refractivity contribution is 7.99. The molecule has 2 aromatic carbocycles. The first-order valence-electron chi connectivity index (χ1n) is 9.51. The molecule has 30 heavy (non-hydrogen) atoms. The molecule has 0 aliphatic heterocycles. The van der Waals surface area contributed by atoms with Crippen LogP contribution in [-0.4, -0.2) is 26.4 Å². The van der Waals surface area contributed by atoms with Crippen LogP contribution in [0, 0.1) is 0 Å². The first-order valence-corrected chi connectivity index (χ1v) is 11.3. The molecule has 0 unspecified atom stereocenters. The second kappa shape index (κ2) is 10.7. The molecule has 1 heterocycles. The maximum atomic E-state index is 12.3. The van der Waals surface area contributed by atoms with Gasteiger partial charge in [0.05, 0.1) is 16.5 Å². The third kappa shape index (κ3) is 5.90. The smallest absolute Gasteiger partial charge is 0.234 e. The zero-order valence-electron chi connectivity index (χ0n) is 16.7. The molecule has 1 amide bonds. The normalized spacial score (nSPS) is 10.8. The van der Waals surface area contributed by atoms with Crippen molar-refractivity contribution in [1.29, 1.82) is 0 Å². The van der Waals surface area contributed by atoms with Crippen LogP contribution in [0.25, 0.3) is 0 Å². The molecule has 158 valence electrons. The molecule has 0 atom stereocenters. The number of aromatic nitrogens is 3. The van der Waals surface area contributed by atoms with Crippen molar-refractivity contribution in [2.24, 2.45) is 0 Å². The summed E-state index contributed by atoms with van der Waals surface area (Å²) in [7, 11) is 0. The van der Waals surface area contributed by atoms with E-state index in [1.165, 1.54) is 17.3 Å². The number of hydrogen-bond donors (Lipinski definition) is 1. The number of rotatable bonds is 9. The van der Waals surface area contributed by atoms with E-state index in [2.05, 4.69) is 22.4 Å². The van der Waals surface area contributed by atoms with Gasteiger partial charge in [-0.1, -0.05) is 54.0 Å². The van der Waals surface area contributed by atoms with Crippen LogP contribution in [0.1, 0.15) is 25.2 Å². The number of aryl methyl sites for hydroxylation is 1. The van der Waals surface area contributed by atoms with Crippen LogP contribution in [0.2, 0.25) is 10.0 Å². The minimum Gasteiger partial charge on any atom is -0.486 e. The summed E-state index contributed by atoms with van der Waals surface area (Å²) >= 11 is 13.3. The van der Waals surface area contributed by atoms with Gasteiger partial charge in [-0.3, -0.25) is 4.79 Å². The number of halogens is 2. The van der Waals surface area contributed by atoms with Crippen LogP contribution in [0.15, 0.2) is 47.6 Å². The van der Waals surface area contributed by atoms with Crippen molar-refractivity contribution < 1.29 is 9.53 Å². The highest BCUT2D eigenvalue weighted by atomic mass is 35.5. The quantitative estimate of drug-likeness (QED) is 0.424. The molecule has 0 aliphatic carbocycles. The number of nitrogens with zero attached hydrogens (tertiary/aromatic N) is 3. The van der Waals surface area contributed by atoms with Gasteiger partial charge in [0.25, 0.3) is 0 Å². The van der Waals surface area contributed by atoms with Gasteiger partial charge in [0.15, 0.2) is 11.0 Å². The molecular weight excluding hydrogens is 443 g/mol. The highest BCUT2D eigenvalue weighted by Crippen LogP contribution is 2.26. The largest absolute Gasteiger partial charge is 0.486 e. The Balaban J connectivity index is 1.58. The van der Waals surface area contributed by atoms with Crippen molar-refractivity contribution in [3.8, 4) is 5.75 Å². The number of nitrogens with one attached hydrogen (secondary N) is 1. The molecule has 3 aromatic rings. The number of benzene rings is 2. The number of thioether (sulfide) groups is 1. The zero-order chi connectivity index (χ0) is 21.5. The van der Waals surface area contributed by atoms with Gasteiger partial charge in [-0.25, -0.2) is 0 Å². The van der Waals surface area contributed by atoms with Gasteiger partial charge in [0.2, 0.25) is 5.91 Å². The molecule has 0 bridgehead atoms. The maximum Gasteiger partial charge on any atom is 0.234 e. The zero-order valence-corrected chi connectivity index (χ0v) is 19.0. The fourth-order valence-corrected chi connectivity index (χ4v) is 3.89. The Labute approximate surface area is 189 Å². The number of anilines is 1. The fraction of sp³-hybridized carbons (Fsp3) is 0.286. The molecule has 1 aromatic heterocycles. The molecule has 6 nitrogen and oxygen atoms in total. The standard InChI is InChI=1S/C21H22Cl2N4O2S/c1-3-14-5-8-16(9-6-14)29-12-19-25-26-21(27(19)4-2)30-13-20(28)24-18-11-15(22)7-10-17(18)23/h5-11H,3-4,12-13H2,1-2H3,(H,24,28). The number of amides is 1. The molecule has 9 heteroatoms. The second-order valence-corrected chi connectivity index (χ2v) is 8.18. The Bertz CT molecular complexity index is 1010. The Morgan fingerprint density at radius 2 is 1.90 bits per heavy atom. The molecule has 0 saturated carbocycles. The molecule has 0 saturated heterocycles. The molecule has 1 N–H and O–H groups in total. The summed E-state index contributed by atoms with van der Waals surface area (Å²) in [5, 5.41) is 12.8. The summed E-state index contributed by atoms with van der Waals surface area (Å²) < 4.78 is 7.77. The molecule has 0 fully saturated rings. The van der Waals surface area contributed by atoms with E-state index in [1.807, 2.05) is 35.8 Å². The minimum absolute atomic E-state index is 0.167. The number of carbonyl (C=O) groups excluding carboxylic acids is 1. The van der Waals surface area contributed by atoms with Gasteiger partial charge in [0.1, 0.15) is 12.4 Å². The lowest BCUT2D eigenvalue weighted by Gasteiger charge is -2.10. The van der Waals surface area contributed by atoms with Gasteiger partial charge >= 0.3 is 0 Å². The van der Waals surface area contributed by atoms with E-state index < -0.39 is 0 Å². The molecular formula is C21H22Cl2N4O2S. The summed E-state index contributed by atoms with van der Waals surface area (Å²) in [6.07, 6.45) is 0.988. The average Bonchev–Trinajstić information content (AvgIpc) is 3.15. The molecule has 0 radical (unpaired) electrons. The summed E-state index contributed by atoms with van der Waals surface area (Å²) in [6, 6.07) is 12.9. The van der Waals surface area contributed by atoms with Crippen LogP contribution >= 0.6 is 35.0 Å².